The standard InChI is InChI=1S/C38H24BrN4/c39-32-22-21-30(37-40-33(26-13-5-1-6-14-26)24-34(41-37)27-15-7-2-8-16-27)23-31(32)38-42-35(28-17-9-3-10-18-28)25-36(43-38)29-19-11-4-12-20-29/h1-21,23-25H. The van der Waals surface area contributed by atoms with E-state index in [1.165, 1.54) is 0 Å². The van der Waals surface area contributed by atoms with Crippen molar-refractivity contribution in [1.82, 2.24) is 19.9 Å². The minimum absolute atomic E-state index is 0.590. The molecule has 5 aromatic carbocycles. The lowest BCUT2D eigenvalue weighted by Crippen LogP contribution is -1.99. The maximum absolute atomic E-state index is 5.02. The molecule has 7 aromatic rings. The highest BCUT2D eigenvalue weighted by Crippen LogP contribution is 2.34. The molecule has 203 valence electrons. The molecule has 0 atom stereocenters. The highest BCUT2D eigenvalue weighted by atomic mass is 79.9. The van der Waals surface area contributed by atoms with Crippen LogP contribution in [0.15, 0.2) is 150 Å². The van der Waals surface area contributed by atoms with Gasteiger partial charge in [0, 0.05) is 37.9 Å². The lowest BCUT2D eigenvalue weighted by Gasteiger charge is -2.12. The van der Waals surface area contributed by atoms with E-state index >= 15 is 0 Å². The molecule has 0 fully saturated rings. The van der Waals surface area contributed by atoms with Crippen LogP contribution in [0.1, 0.15) is 0 Å². The summed E-state index contributed by atoms with van der Waals surface area (Å²) >= 11 is 3.73. The Bertz CT molecular complexity index is 1900. The number of benzene rings is 5. The second-order valence-electron chi connectivity index (χ2n) is 10.0. The van der Waals surface area contributed by atoms with Crippen LogP contribution in [0.2, 0.25) is 0 Å². The van der Waals surface area contributed by atoms with E-state index < -0.39 is 0 Å². The van der Waals surface area contributed by atoms with Crippen molar-refractivity contribution < 1.29 is 0 Å². The summed E-state index contributed by atoms with van der Waals surface area (Å²) in [5, 5.41) is 0. The van der Waals surface area contributed by atoms with Gasteiger partial charge in [-0.25, -0.2) is 19.9 Å². The summed E-state index contributed by atoms with van der Waals surface area (Å²) in [6.45, 7) is 0. The van der Waals surface area contributed by atoms with Crippen molar-refractivity contribution >= 4 is 15.9 Å². The van der Waals surface area contributed by atoms with E-state index in [1.54, 1.807) is 0 Å². The van der Waals surface area contributed by atoms with Crippen LogP contribution in [0.3, 0.4) is 0 Å². The highest BCUT2D eigenvalue weighted by molar-refractivity contribution is 9.10. The molecule has 0 unspecified atom stereocenters. The molecule has 1 radical (unpaired) electrons. The van der Waals surface area contributed by atoms with Crippen molar-refractivity contribution in [1.29, 1.82) is 0 Å². The van der Waals surface area contributed by atoms with Crippen LogP contribution in [0.25, 0.3) is 67.8 Å². The molecule has 2 heterocycles. The van der Waals surface area contributed by atoms with Gasteiger partial charge in [0.1, 0.15) is 0 Å². The molecule has 0 saturated carbocycles. The van der Waals surface area contributed by atoms with E-state index in [4.69, 9.17) is 19.9 Å². The second kappa shape index (κ2) is 11.9. The number of halogens is 1. The van der Waals surface area contributed by atoms with Gasteiger partial charge in [0.2, 0.25) is 0 Å². The Hall–Kier alpha value is -5.26. The third-order valence-electron chi connectivity index (χ3n) is 7.12. The molecule has 0 amide bonds. The Balaban J connectivity index is 1.40. The SMILES string of the molecule is Brc1[c]cc(-c2nc(-c3ccccc3)cc(-c3ccccc3)n2)cc1-c1nc(-c2ccccc2)cc(-c2ccccc2)n1. The molecular weight excluding hydrogens is 592 g/mol. The van der Waals surface area contributed by atoms with Crippen molar-refractivity contribution in [2.45, 2.75) is 0 Å². The van der Waals surface area contributed by atoms with Crippen LogP contribution >= 0.6 is 15.9 Å². The van der Waals surface area contributed by atoms with Crippen LogP contribution in [-0.4, -0.2) is 19.9 Å². The minimum Gasteiger partial charge on any atom is -0.228 e. The highest BCUT2D eigenvalue weighted by Gasteiger charge is 2.16. The predicted molar refractivity (Wildman–Crippen MR) is 177 cm³/mol. The molecule has 2 aromatic heterocycles. The molecule has 0 saturated heterocycles. The molecule has 0 bridgehead atoms. The van der Waals surface area contributed by atoms with Crippen molar-refractivity contribution in [2.75, 3.05) is 0 Å². The fourth-order valence-corrected chi connectivity index (χ4v) is 5.35. The number of hydrogen-bond acceptors (Lipinski definition) is 4. The maximum atomic E-state index is 5.02. The number of rotatable bonds is 6. The summed E-state index contributed by atoms with van der Waals surface area (Å²) in [4.78, 5) is 20.1. The molecule has 4 nitrogen and oxygen atoms in total. The molecule has 0 spiro atoms. The van der Waals surface area contributed by atoms with Gasteiger partial charge in [-0.3, -0.25) is 0 Å². The molecule has 0 aliphatic rings. The molecule has 5 heteroatoms. The normalized spacial score (nSPS) is 10.9. The van der Waals surface area contributed by atoms with E-state index in [2.05, 4.69) is 70.5 Å². The Morgan fingerprint density at radius 2 is 0.744 bits per heavy atom. The second-order valence-corrected chi connectivity index (χ2v) is 10.8. The largest absolute Gasteiger partial charge is 0.228 e. The van der Waals surface area contributed by atoms with Crippen molar-refractivity contribution in [3.63, 3.8) is 0 Å². The molecule has 43 heavy (non-hydrogen) atoms. The van der Waals surface area contributed by atoms with E-state index in [0.717, 1.165) is 60.6 Å². The van der Waals surface area contributed by atoms with Crippen molar-refractivity contribution in [2.24, 2.45) is 0 Å². The first kappa shape index (κ1) is 26.6. The summed E-state index contributed by atoms with van der Waals surface area (Å²) < 4.78 is 0.767. The maximum Gasteiger partial charge on any atom is 0.161 e. The summed E-state index contributed by atoms with van der Waals surface area (Å²) in [5.41, 5.74) is 9.10. The number of nitrogens with zero attached hydrogens (tertiary/aromatic N) is 4. The third kappa shape index (κ3) is 5.76. The van der Waals surface area contributed by atoms with Gasteiger partial charge < -0.3 is 0 Å². The van der Waals surface area contributed by atoms with E-state index in [-0.39, 0.29) is 0 Å². The first-order chi connectivity index (χ1) is 21.2. The van der Waals surface area contributed by atoms with Crippen molar-refractivity contribution in [3.8, 4) is 67.8 Å². The van der Waals surface area contributed by atoms with Gasteiger partial charge in [-0.05, 0) is 46.3 Å². The predicted octanol–water partition coefficient (Wildman–Crippen LogP) is 9.83. The molecule has 0 N–H and O–H groups in total. The lowest BCUT2D eigenvalue weighted by molar-refractivity contribution is 1.17. The fraction of sp³-hybridized carbons (Fsp3) is 0. The van der Waals surface area contributed by atoms with Gasteiger partial charge in [-0.2, -0.15) is 0 Å². The fourth-order valence-electron chi connectivity index (χ4n) is 4.94. The summed E-state index contributed by atoms with van der Waals surface area (Å²) in [7, 11) is 0. The first-order valence-electron chi connectivity index (χ1n) is 13.9. The van der Waals surface area contributed by atoms with E-state index in [0.29, 0.717) is 11.6 Å². The molecule has 7 rings (SSSR count). The zero-order valence-corrected chi connectivity index (χ0v) is 24.6. The smallest absolute Gasteiger partial charge is 0.161 e. The van der Waals surface area contributed by atoms with E-state index in [1.807, 2.05) is 97.1 Å². The summed E-state index contributed by atoms with van der Waals surface area (Å²) in [6.07, 6.45) is 0. The van der Waals surface area contributed by atoms with Crippen LogP contribution in [0.5, 0.6) is 0 Å². The van der Waals surface area contributed by atoms with Gasteiger partial charge in [-0.1, -0.05) is 121 Å². The Kier molecular flexibility index (Phi) is 7.38. The van der Waals surface area contributed by atoms with Gasteiger partial charge in [-0.15, -0.1) is 0 Å². The summed E-state index contributed by atoms with van der Waals surface area (Å²) in [5.74, 6) is 1.19. The van der Waals surface area contributed by atoms with E-state index in [9.17, 15) is 0 Å². The lowest BCUT2D eigenvalue weighted by atomic mass is 10.0. The Morgan fingerprint density at radius 1 is 0.395 bits per heavy atom. The van der Waals surface area contributed by atoms with Gasteiger partial charge in [0.25, 0.3) is 0 Å². The Morgan fingerprint density at radius 3 is 1.12 bits per heavy atom. The molecule has 0 aliphatic heterocycles. The van der Waals surface area contributed by atoms with Crippen LogP contribution in [0.4, 0.5) is 0 Å². The monoisotopic (exact) mass is 615 g/mol. The van der Waals surface area contributed by atoms with Gasteiger partial charge >= 0.3 is 0 Å². The first-order valence-corrected chi connectivity index (χ1v) is 14.7. The zero-order valence-electron chi connectivity index (χ0n) is 23.0. The molecule has 0 aliphatic carbocycles. The Labute approximate surface area is 259 Å². The quantitative estimate of drug-likeness (QED) is 0.187. The van der Waals surface area contributed by atoms with Crippen LogP contribution in [-0.2, 0) is 0 Å². The van der Waals surface area contributed by atoms with Crippen molar-refractivity contribution in [3.05, 3.63) is 156 Å². The number of aromatic nitrogens is 4. The van der Waals surface area contributed by atoms with Crippen LogP contribution in [0, 0.1) is 6.07 Å². The van der Waals surface area contributed by atoms with Gasteiger partial charge in [0.15, 0.2) is 11.6 Å². The zero-order chi connectivity index (χ0) is 29.0. The van der Waals surface area contributed by atoms with Gasteiger partial charge in [0.05, 0.1) is 22.8 Å². The van der Waals surface area contributed by atoms with Crippen LogP contribution < -0.4 is 0 Å². The average Bonchev–Trinajstić information content (AvgIpc) is 3.09. The summed E-state index contributed by atoms with van der Waals surface area (Å²) in [6, 6.07) is 52.1. The molecular formula is C38H24BrN4. The topological polar surface area (TPSA) is 51.6 Å². The number of hydrogen-bond donors (Lipinski definition) is 0. The third-order valence-corrected chi connectivity index (χ3v) is 7.78. The minimum atomic E-state index is 0.590. The average molecular weight is 617 g/mol.